The molecule has 0 unspecified atom stereocenters. The van der Waals surface area contributed by atoms with E-state index in [1.165, 1.54) is 11.8 Å². The number of hydrogen-bond acceptors (Lipinski definition) is 4. The molecule has 0 aliphatic carbocycles. The van der Waals surface area contributed by atoms with Gasteiger partial charge >= 0.3 is 0 Å². The van der Waals surface area contributed by atoms with Gasteiger partial charge in [0.2, 0.25) is 0 Å². The molecule has 5 nitrogen and oxygen atoms in total. The van der Waals surface area contributed by atoms with Gasteiger partial charge in [-0.2, -0.15) is 5.10 Å². The maximum absolute atomic E-state index is 11.6. The van der Waals surface area contributed by atoms with Crippen molar-refractivity contribution in [3.05, 3.63) is 59.9 Å². The molecule has 0 spiro atoms. The molecule has 2 rings (SSSR count). The second kappa shape index (κ2) is 7.79. The van der Waals surface area contributed by atoms with Crippen molar-refractivity contribution < 1.29 is 9.53 Å². The van der Waals surface area contributed by atoms with Crippen molar-refractivity contribution in [1.29, 1.82) is 0 Å². The Morgan fingerprint density at radius 1 is 1.33 bits per heavy atom. The lowest BCUT2D eigenvalue weighted by Gasteiger charge is -2.05. The highest BCUT2D eigenvalue weighted by atomic mass is 16.5. The summed E-state index contributed by atoms with van der Waals surface area (Å²) in [6.07, 6.45) is 5.83. The predicted octanol–water partition coefficient (Wildman–Crippen LogP) is 2.17. The standard InChI is InChI=1S/C16H17N3O2/c1-2-13-5-7-15(8-6-13)21-12-16(20)19-18-11-14-4-3-9-17-10-14/h3-11H,2,12H2,1H3,(H,19,20). The molecule has 1 aromatic carbocycles. The fourth-order valence-electron chi connectivity index (χ4n) is 1.63. The maximum Gasteiger partial charge on any atom is 0.277 e. The Bertz CT molecular complexity index is 595. The number of aromatic nitrogens is 1. The zero-order valence-corrected chi connectivity index (χ0v) is 11.8. The normalized spacial score (nSPS) is 10.5. The van der Waals surface area contributed by atoms with Gasteiger partial charge in [0.25, 0.3) is 5.91 Å². The van der Waals surface area contributed by atoms with Gasteiger partial charge in [0.15, 0.2) is 6.61 Å². The molecule has 0 radical (unpaired) electrons. The molecule has 0 aliphatic rings. The lowest BCUT2D eigenvalue weighted by atomic mass is 10.2. The minimum atomic E-state index is -0.310. The Hall–Kier alpha value is -2.69. The largest absolute Gasteiger partial charge is 0.484 e. The van der Waals surface area contributed by atoms with Gasteiger partial charge in [-0.25, -0.2) is 5.43 Å². The third-order valence-corrected chi connectivity index (χ3v) is 2.79. The number of pyridine rings is 1. The van der Waals surface area contributed by atoms with E-state index in [4.69, 9.17) is 4.74 Å². The Labute approximate surface area is 123 Å². The highest BCUT2D eigenvalue weighted by Crippen LogP contribution is 2.12. The quantitative estimate of drug-likeness (QED) is 0.653. The van der Waals surface area contributed by atoms with E-state index >= 15 is 0 Å². The number of hydrogen-bond donors (Lipinski definition) is 1. The van der Waals surface area contributed by atoms with Crippen molar-refractivity contribution in [3.8, 4) is 5.75 Å². The van der Waals surface area contributed by atoms with Crippen LogP contribution in [0.4, 0.5) is 0 Å². The Kier molecular flexibility index (Phi) is 5.46. The summed E-state index contributed by atoms with van der Waals surface area (Å²) in [6.45, 7) is 2.01. The molecular formula is C16H17N3O2. The SMILES string of the molecule is CCc1ccc(OCC(=O)NN=Cc2cccnc2)cc1. The second-order valence-electron chi connectivity index (χ2n) is 4.37. The van der Waals surface area contributed by atoms with E-state index < -0.39 is 0 Å². The van der Waals surface area contributed by atoms with Gasteiger partial charge in [-0.15, -0.1) is 0 Å². The first kappa shape index (κ1) is 14.7. The summed E-state index contributed by atoms with van der Waals surface area (Å²) in [7, 11) is 0. The maximum atomic E-state index is 11.6. The minimum absolute atomic E-state index is 0.0736. The summed E-state index contributed by atoms with van der Waals surface area (Å²) in [5, 5.41) is 3.84. The summed E-state index contributed by atoms with van der Waals surface area (Å²) in [5.74, 6) is 0.355. The van der Waals surface area contributed by atoms with Crippen molar-refractivity contribution in [3.63, 3.8) is 0 Å². The van der Waals surface area contributed by atoms with Gasteiger partial charge in [-0.1, -0.05) is 25.1 Å². The first-order chi connectivity index (χ1) is 10.3. The molecule has 1 heterocycles. The summed E-state index contributed by atoms with van der Waals surface area (Å²) >= 11 is 0. The van der Waals surface area contributed by atoms with Crippen LogP contribution in [0.2, 0.25) is 0 Å². The average molecular weight is 283 g/mol. The highest BCUT2D eigenvalue weighted by molar-refractivity contribution is 5.82. The van der Waals surface area contributed by atoms with Crippen LogP contribution in [0.15, 0.2) is 53.9 Å². The van der Waals surface area contributed by atoms with Crippen LogP contribution in [0.25, 0.3) is 0 Å². The van der Waals surface area contributed by atoms with Crippen LogP contribution in [0.1, 0.15) is 18.1 Å². The van der Waals surface area contributed by atoms with Gasteiger partial charge in [-0.3, -0.25) is 9.78 Å². The number of nitrogens with zero attached hydrogens (tertiary/aromatic N) is 2. The van der Waals surface area contributed by atoms with Crippen LogP contribution in [-0.2, 0) is 11.2 Å². The van der Waals surface area contributed by atoms with E-state index in [1.807, 2.05) is 30.3 Å². The Balaban J connectivity index is 1.75. The highest BCUT2D eigenvalue weighted by Gasteiger charge is 2.01. The van der Waals surface area contributed by atoms with Crippen LogP contribution in [0, 0.1) is 0 Å². The monoisotopic (exact) mass is 283 g/mol. The topological polar surface area (TPSA) is 63.6 Å². The lowest BCUT2D eigenvalue weighted by molar-refractivity contribution is -0.123. The summed E-state index contributed by atoms with van der Waals surface area (Å²) in [6, 6.07) is 11.3. The molecule has 21 heavy (non-hydrogen) atoms. The smallest absolute Gasteiger partial charge is 0.277 e. The first-order valence-electron chi connectivity index (χ1n) is 6.71. The molecule has 0 saturated carbocycles. The van der Waals surface area contributed by atoms with Gasteiger partial charge in [0.05, 0.1) is 6.21 Å². The molecule has 5 heteroatoms. The summed E-state index contributed by atoms with van der Waals surface area (Å²) < 4.78 is 5.37. The molecule has 108 valence electrons. The molecule has 1 amide bonds. The van der Waals surface area contributed by atoms with E-state index in [-0.39, 0.29) is 12.5 Å². The minimum Gasteiger partial charge on any atom is -0.484 e. The molecule has 0 bridgehead atoms. The third-order valence-electron chi connectivity index (χ3n) is 2.79. The molecule has 0 atom stereocenters. The summed E-state index contributed by atoms with van der Waals surface area (Å²) in [5.41, 5.74) is 4.44. The van der Waals surface area contributed by atoms with E-state index in [1.54, 1.807) is 18.5 Å². The number of carbonyl (C=O) groups is 1. The van der Waals surface area contributed by atoms with Gasteiger partial charge < -0.3 is 4.74 Å². The number of nitrogens with one attached hydrogen (secondary N) is 1. The van der Waals surface area contributed by atoms with E-state index in [0.29, 0.717) is 5.75 Å². The Morgan fingerprint density at radius 2 is 2.14 bits per heavy atom. The second-order valence-corrected chi connectivity index (χ2v) is 4.37. The fraction of sp³-hybridized carbons (Fsp3) is 0.188. The van der Waals surface area contributed by atoms with Gasteiger partial charge in [-0.05, 0) is 30.2 Å². The number of ether oxygens (including phenoxy) is 1. The van der Waals surface area contributed by atoms with E-state index in [0.717, 1.165) is 12.0 Å². The van der Waals surface area contributed by atoms with Crippen LogP contribution in [0.3, 0.4) is 0 Å². The predicted molar refractivity (Wildman–Crippen MR) is 81.3 cm³/mol. The molecule has 2 aromatic rings. The molecular weight excluding hydrogens is 266 g/mol. The number of aryl methyl sites for hydroxylation is 1. The summed E-state index contributed by atoms with van der Waals surface area (Å²) in [4.78, 5) is 15.5. The average Bonchev–Trinajstić information content (AvgIpc) is 2.54. The van der Waals surface area contributed by atoms with Crippen molar-refractivity contribution >= 4 is 12.1 Å². The van der Waals surface area contributed by atoms with E-state index in [9.17, 15) is 4.79 Å². The van der Waals surface area contributed by atoms with Crippen LogP contribution < -0.4 is 10.2 Å². The van der Waals surface area contributed by atoms with Crippen molar-refractivity contribution in [2.24, 2.45) is 5.10 Å². The fourth-order valence-corrected chi connectivity index (χ4v) is 1.63. The molecule has 1 N–H and O–H groups in total. The van der Waals surface area contributed by atoms with Crippen molar-refractivity contribution in [1.82, 2.24) is 10.4 Å². The number of rotatable bonds is 6. The van der Waals surface area contributed by atoms with Crippen LogP contribution in [-0.4, -0.2) is 23.7 Å². The third kappa shape index (κ3) is 5.06. The molecule has 0 fully saturated rings. The number of carbonyl (C=O) groups excluding carboxylic acids is 1. The Morgan fingerprint density at radius 3 is 2.81 bits per heavy atom. The van der Waals surface area contributed by atoms with Crippen molar-refractivity contribution in [2.45, 2.75) is 13.3 Å². The number of amides is 1. The zero-order chi connectivity index (χ0) is 14.9. The number of benzene rings is 1. The molecule has 1 aromatic heterocycles. The van der Waals surface area contributed by atoms with Crippen molar-refractivity contribution in [2.75, 3.05) is 6.61 Å². The van der Waals surface area contributed by atoms with Crippen LogP contribution >= 0.6 is 0 Å². The van der Waals surface area contributed by atoms with E-state index in [2.05, 4.69) is 22.4 Å². The number of hydrazone groups is 1. The molecule has 0 aliphatic heterocycles. The van der Waals surface area contributed by atoms with Gasteiger partial charge in [0.1, 0.15) is 5.75 Å². The van der Waals surface area contributed by atoms with Crippen LogP contribution in [0.5, 0.6) is 5.75 Å². The zero-order valence-electron chi connectivity index (χ0n) is 11.8. The van der Waals surface area contributed by atoms with Gasteiger partial charge in [0, 0.05) is 18.0 Å². The first-order valence-corrected chi connectivity index (χ1v) is 6.71. The lowest BCUT2D eigenvalue weighted by Crippen LogP contribution is -2.24. The molecule has 0 saturated heterocycles.